The molecule has 104 valence electrons. The molecule has 5 nitrogen and oxygen atoms in total. The van der Waals surface area contributed by atoms with E-state index in [2.05, 4.69) is 11.8 Å². The molecule has 5 heteroatoms. The molecule has 1 aromatic rings. The molecule has 0 radical (unpaired) electrons. The van der Waals surface area contributed by atoms with Gasteiger partial charge in [-0.3, -0.25) is 4.79 Å². The van der Waals surface area contributed by atoms with Crippen LogP contribution in [-0.4, -0.2) is 59.1 Å². The molecule has 1 aromatic carbocycles. The summed E-state index contributed by atoms with van der Waals surface area (Å²) in [5.74, 6) is 0.0457. The highest BCUT2D eigenvalue weighted by atomic mass is 16.3. The fourth-order valence-electron chi connectivity index (χ4n) is 2.65. The summed E-state index contributed by atoms with van der Waals surface area (Å²) in [6.45, 7) is 3.42. The number of phenolic OH excluding ortho intramolecular Hbond substituents is 2. The molecule has 0 spiro atoms. The zero-order valence-electron chi connectivity index (χ0n) is 11.5. The van der Waals surface area contributed by atoms with Crippen molar-refractivity contribution in [1.82, 2.24) is 9.80 Å². The first-order valence-corrected chi connectivity index (χ1v) is 6.38. The lowest BCUT2D eigenvalue weighted by atomic mass is 10.1. The predicted molar refractivity (Wildman–Crippen MR) is 72.3 cm³/mol. The maximum atomic E-state index is 12.4. The summed E-state index contributed by atoms with van der Waals surface area (Å²) in [4.78, 5) is 16.2. The van der Waals surface area contributed by atoms with Crippen LogP contribution in [0, 0.1) is 5.92 Å². The van der Waals surface area contributed by atoms with E-state index in [-0.39, 0.29) is 23.0 Å². The lowest BCUT2D eigenvalue weighted by molar-refractivity contribution is 0.0778. The summed E-state index contributed by atoms with van der Waals surface area (Å²) >= 11 is 0. The molecule has 2 atom stereocenters. The largest absolute Gasteiger partial charge is 0.508 e. The molecule has 1 saturated heterocycles. The van der Waals surface area contributed by atoms with Gasteiger partial charge in [-0.15, -0.1) is 0 Å². The van der Waals surface area contributed by atoms with Gasteiger partial charge in [0, 0.05) is 19.1 Å². The molecule has 2 N–H and O–H groups in total. The van der Waals surface area contributed by atoms with Crippen molar-refractivity contribution in [1.29, 1.82) is 0 Å². The average Bonchev–Trinajstić information content (AvgIpc) is 2.74. The van der Waals surface area contributed by atoms with Crippen molar-refractivity contribution in [3.63, 3.8) is 0 Å². The Morgan fingerprint density at radius 2 is 2.00 bits per heavy atom. The van der Waals surface area contributed by atoms with Crippen LogP contribution in [0.3, 0.4) is 0 Å². The second kappa shape index (κ2) is 5.09. The molecule has 0 bridgehead atoms. The highest BCUT2D eigenvalue weighted by molar-refractivity contribution is 5.97. The third kappa shape index (κ3) is 2.66. The number of carbonyl (C=O) groups is 1. The normalized spacial score (nSPS) is 23.1. The average molecular weight is 264 g/mol. The van der Waals surface area contributed by atoms with Crippen LogP contribution < -0.4 is 0 Å². The number of aromatic hydroxyl groups is 2. The topological polar surface area (TPSA) is 64.0 Å². The van der Waals surface area contributed by atoms with Gasteiger partial charge in [0.2, 0.25) is 0 Å². The molecule has 1 aliphatic rings. The molecule has 0 aliphatic carbocycles. The molecule has 1 aliphatic heterocycles. The first-order valence-electron chi connectivity index (χ1n) is 6.38. The van der Waals surface area contributed by atoms with E-state index in [0.717, 1.165) is 0 Å². The third-order valence-corrected chi connectivity index (χ3v) is 3.73. The highest BCUT2D eigenvalue weighted by Gasteiger charge is 2.34. The fourth-order valence-corrected chi connectivity index (χ4v) is 2.65. The van der Waals surface area contributed by atoms with Crippen LogP contribution in [0.5, 0.6) is 11.5 Å². The van der Waals surface area contributed by atoms with E-state index in [0.29, 0.717) is 25.0 Å². The Hall–Kier alpha value is -1.75. The van der Waals surface area contributed by atoms with Crippen LogP contribution in [0.15, 0.2) is 18.2 Å². The summed E-state index contributed by atoms with van der Waals surface area (Å²) < 4.78 is 0. The highest BCUT2D eigenvalue weighted by Crippen LogP contribution is 2.27. The number of phenols is 2. The van der Waals surface area contributed by atoms with E-state index < -0.39 is 0 Å². The van der Waals surface area contributed by atoms with Gasteiger partial charge in [0.15, 0.2) is 0 Å². The van der Waals surface area contributed by atoms with E-state index in [1.165, 1.54) is 18.2 Å². The van der Waals surface area contributed by atoms with Gasteiger partial charge in [-0.2, -0.15) is 0 Å². The van der Waals surface area contributed by atoms with Crippen LogP contribution in [0.25, 0.3) is 0 Å². The van der Waals surface area contributed by atoms with E-state index in [1.54, 1.807) is 4.90 Å². The molecular formula is C14H20N2O3. The molecule has 1 amide bonds. The minimum atomic E-state index is -0.232. The SMILES string of the molecule is CC1CN(C(=O)c2cc(O)ccc2O)CC1N(C)C. The Labute approximate surface area is 113 Å². The van der Waals surface area contributed by atoms with Crippen LogP contribution >= 0.6 is 0 Å². The van der Waals surface area contributed by atoms with Gasteiger partial charge in [-0.1, -0.05) is 6.92 Å². The number of nitrogens with zero attached hydrogens (tertiary/aromatic N) is 2. The molecular weight excluding hydrogens is 244 g/mol. The zero-order chi connectivity index (χ0) is 14.2. The van der Waals surface area contributed by atoms with Gasteiger partial charge < -0.3 is 20.0 Å². The first-order chi connectivity index (χ1) is 8.90. The summed E-state index contributed by atoms with van der Waals surface area (Å²) in [5, 5.41) is 19.2. The first kappa shape index (κ1) is 13.7. The van der Waals surface area contributed by atoms with Crippen molar-refractivity contribution in [3.05, 3.63) is 23.8 Å². The Balaban J connectivity index is 2.19. The standard InChI is InChI=1S/C14H20N2O3/c1-9-7-16(8-12(9)15(2)3)14(19)11-6-10(17)4-5-13(11)18/h4-6,9,12,17-18H,7-8H2,1-3H3. The summed E-state index contributed by atoms with van der Waals surface area (Å²) in [7, 11) is 4.00. The molecule has 1 heterocycles. The summed E-state index contributed by atoms with van der Waals surface area (Å²) in [6, 6.07) is 4.33. The maximum Gasteiger partial charge on any atom is 0.257 e. The minimum absolute atomic E-state index is 0.0162. The van der Waals surface area contributed by atoms with E-state index in [1.807, 2.05) is 14.1 Å². The quantitative estimate of drug-likeness (QED) is 0.786. The zero-order valence-corrected chi connectivity index (χ0v) is 11.5. The van der Waals surface area contributed by atoms with Crippen molar-refractivity contribution in [2.75, 3.05) is 27.2 Å². The molecule has 19 heavy (non-hydrogen) atoms. The van der Waals surface area contributed by atoms with E-state index in [4.69, 9.17) is 0 Å². The summed E-state index contributed by atoms with van der Waals surface area (Å²) in [6.07, 6.45) is 0. The number of likely N-dealkylation sites (tertiary alicyclic amines) is 1. The molecule has 1 fully saturated rings. The smallest absolute Gasteiger partial charge is 0.257 e. The molecule has 0 aromatic heterocycles. The second-order valence-electron chi connectivity index (χ2n) is 5.42. The Morgan fingerprint density at radius 1 is 1.32 bits per heavy atom. The lowest BCUT2D eigenvalue weighted by Crippen LogP contribution is -2.35. The molecule has 0 saturated carbocycles. The number of hydrogen-bond donors (Lipinski definition) is 2. The number of rotatable bonds is 2. The number of hydrogen-bond acceptors (Lipinski definition) is 4. The van der Waals surface area contributed by atoms with Gasteiger partial charge in [0.25, 0.3) is 5.91 Å². The lowest BCUT2D eigenvalue weighted by Gasteiger charge is -2.22. The van der Waals surface area contributed by atoms with Crippen LogP contribution in [0.2, 0.25) is 0 Å². The van der Waals surface area contributed by atoms with Gasteiger partial charge in [-0.05, 0) is 38.2 Å². The van der Waals surface area contributed by atoms with Crippen LogP contribution in [0.1, 0.15) is 17.3 Å². The molecule has 2 rings (SSSR count). The second-order valence-corrected chi connectivity index (χ2v) is 5.42. The van der Waals surface area contributed by atoms with Crippen LogP contribution in [0.4, 0.5) is 0 Å². The van der Waals surface area contributed by atoms with Gasteiger partial charge in [0.05, 0.1) is 5.56 Å². The van der Waals surface area contributed by atoms with E-state index >= 15 is 0 Å². The van der Waals surface area contributed by atoms with Crippen LogP contribution in [-0.2, 0) is 0 Å². The monoisotopic (exact) mass is 264 g/mol. The fraction of sp³-hybridized carbons (Fsp3) is 0.500. The third-order valence-electron chi connectivity index (χ3n) is 3.73. The Morgan fingerprint density at radius 3 is 2.58 bits per heavy atom. The Kier molecular flexibility index (Phi) is 3.66. The van der Waals surface area contributed by atoms with Crippen molar-refractivity contribution < 1.29 is 15.0 Å². The number of carbonyl (C=O) groups excluding carboxylic acids is 1. The van der Waals surface area contributed by atoms with Crippen molar-refractivity contribution in [3.8, 4) is 11.5 Å². The minimum Gasteiger partial charge on any atom is -0.508 e. The molecule has 2 unspecified atom stereocenters. The van der Waals surface area contributed by atoms with Crippen molar-refractivity contribution in [2.24, 2.45) is 5.92 Å². The van der Waals surface area contributed by atoms with Gasteiger partial charge >= 0.3 is 0 Å². The van der Waals surface area contributed by atoms with Crippen molar-refractivity contribution in [2.45, 2.75) is 13.0 Å². The number of benzene rings is 1. The Bertz CT molecular complexity index is 488. The van der Waals surface area contributed by atoms with Gasteiger partial charge in [-0.25, -0.2) is 0 Å². The van der Waals surface area contributed by atoms with E-state index in [9.17, 15) is 15.0 Å². The summed E-state index contributed by atoms with van der Waals surface area (Å²) in [5.41, 5.74) is 0.159. The van der Waals surface area contributed by atoms with Gasteiger partial charge in [0.1, 0.15) is 11.5 Å². The number of likely N-dealkylation sites (N-methyl/N-ethyl adjacent to an activating group) is 1. The predicted octanol–water partition coefficient (Wildman–Crippen LogP) is 1.12. The number of amides is 1. The van der Waals surface area contributed by atoms with Crippen molar-refractivity contribution >= 4 is 5.91 Å². The maximum absolute atomic E-state index is 12.4.